The molecule has 0 atom stereocenters. The predicted octanol–water partition coefficient (Wildman–Crippen LogP) is 4.13. The molecule has 0 aliphatic rings. The number of hydroxylamine groups is 1. The standard InChI is InChI=1S/C21H24N2O2/c24-21(22-25)14-4-2-1-3-9-15-23-16-17-10-5-6-11-18(17)19-12-7-8-13-20(19)23/h5-8,10-13,16H,1-4,9,14-15H2,(H-,22,24,25)/p+1. The average molecular weight is 337 g/mol. The van der Waals surface area contributed by atoms with Gasteiger partial charge in [-0.3, -0.25) is 10.0 Å². The number of rotatable bonds is 8. The third-order valence-corrected chi connectivity index (χ3v) is 4.69. The zero-order valence-corrected chi connectivity index (χ0v) is 14.4. The van der Waals surface area contributed by atoms with E-state index in [2.05, 4.69) is 59.3 Å². The van der Waals surface area contributed by atoms with E-state index in [-0.39, 0.29) is 5.91 Å². The van der Waals surface area contributed by atoms with Crippen LogP contribution in [0.25, 0.3) is 21.7 Å². The van der Waals surface area contributed by atoms with Gasteiger partial charge in [-0.1, -0.05) is 43.2 Å². The van der Waals surface area contributed by atoms with Gasteiger partial charge in [0.1, 0.15) is 6.54 Å². The molecule has 25 heavy (non-hydrogen) atoms. The molecule has 0 bridgehead atoms. The Labute approximate surface area is 148 Å². The Kier molecular flexibility index (Phi) is 5.96. The van der Waals surface area contributed by atoms with Crippen LogP contribution in [0, 0.1) is 0 Å². The summed E-state index contributed by atoms with van der Waals surface area (Å²) >= 11 is 0. The molecule has 0 radical (unpaired) electrons. The van der Waals surface area contributed by atoms with Gasteiger partial charge in [0.2, 0.25) is 11.4 Å². The van der Waals surface area contributed by atoms with Crippen molar-refractivity contribution in [1.29, 1.82) is 0 Å². The number of hydrogen-bond acceptors (Lipinski definition) is 2. The highest BCUT2D eigenvalue weighted by Gasteiger charge is 2.12. The lowest BCUT2D eigenvalue weighted by molar-refractivity contribution is -0.670. The molecule has 0 saturated heterocycles. The predicted molar refractivity (Wildman–Crippen MR) is 99.3 cm³/mol. The van der Waals surface area contributed by atoms with E-state index in [0.717, 1.165) is 38.6 Å². The summed E-state index contributed by atoms with van der Waals surface area (Å²) in [4.78, 5) is 11.0. The van der Waals surface area contributed by atoms with E-state index >= 15 is 0 Å². The average Bonchev–Trinajstić information content (AvgIpc) is 2.67. The lowest BCUT2D eigenvalue weighted by Gasteiger charge is -2.06. The highest BCUT2D eigenvalue weighted by atomic mass is 16.5. The van der Waals surface area contributed by atoms with Crippen LogP contribution in [0.1, 0.15) is 38.5 Å². The second-order valence-corrected chi connectivity index (χ2v) is 6.48. The first-order valence-electron chi connectivity index (χ1n) is 9.02. The van der Waals surface area contributed by atoms with E-state index < -0.39 is 0 Å². The van der Waals surface area contributed by atoms with E-state index in [0.29, 0.717) is 6.42 Å². The molecular formula is C21H25N2O2+. The maximum Gasteiger partial charge on any atom is 0.243 e. The Morgan fingerprint density at radius 3 is 2.40 bits per heavy atom. The van der Waals surface area contributed by atoms with Crippen molar-refractivity contribution in [2.24, 2.45) is 0 Å². The smallest absolute Gasteiger partial charge is 0.243 e. The molecule has 1 amide bonds. The molecule has 4 heteroatoms. The molecule has 130 valence electrons. The van der Waals surface area contributed by atoms with Crippen molar-refractivity contribution in [3.8, 4) is 0 Å². The number of carbonyl (C=O) groups is 1. The molecule has 3 aromatic rings. The Bertz CT molecular complexity index is 861. The van der Waals surface area contributed by atoms with Crippen molar-refractivity contribution < 1.29 is 14.6 Å². The molecule has 4 nitrogen and oxygen atoms in total. The van der Waals surface area contributed by atoms with Crippen LogP contribution < -0.4 is 10.0 Å². The number of para-hydroxylation sites is 1. The van der Waals surface area contributed by atoms with Gasteiger partial charge in [-0.05, 0) is 25.0 Å². The first-order chi connectivity index (χ1) is 12.3. The summed E-state index contributed by atoms with van der Waals surface area (Å²) in [6, 6.07) is 17.1. The molecule has 1 aromatic heterocycles. The second-order valence-electron chi connectivity index (χ2n) is 6.48. The molecular weight excluding hydrogens is 312 g/mol. The van der Waals surface area contributed by atoms with E-state index in [9.17, 15) is 4.79 Å². The first-order valence-corrected chi connectivity index (χ1v) is 9.02. The maximum atomic E-state index is 11.0. The number of aryl methyl sites for hydroxylation is 1. The van der Waals surface area contributed by atoms with Gasteiger partial charge in [0, 0.05) is 29.7 Å². The fraction of sp³-hybridized carbons (Fsp3) is 0.333. The third-order valence-electron chi connectivity index (χ3n) is 4.69. The normalized spacial score (nSPS) is 11.1. The Morgan fingerprint density at radius 1 is 0.880 bits per heavy atom. The largest absolute Gasteiger partial charge is 0.289 e. The van der Waals surface area contributed by atoms with E-state index in [1.54, 1.807) is 5.48 Å². The monoisotopic (exact) mass is 337 g/mol. The molecule has 1 heterocycles. The van der Waals surface area contributed by atoms with Gasteiger partial charge in [-0.25, -0.2) is 5.48 Å². The fourth-order valence-electron chi connectivity index (χ4n) is 3.38. The van der Waals surface area contributed by atoms with Crippen molar-refractivity contribution in [3.05, 3.63) is 54.7 Å². The SMILES string of the molecule is O=C(CCCCCCC[n+]1cc2ccccc2c2ccccc21)NO. The zero-order valence-electron chi connectivity index (χ0n) is 14.4. The van der Waals surface area contributed by atoms with Gasteiger partial charge in [-0.15, -0.1) is 0 Å². The van der Waals surface area contributed by atoms with Crippen LogP contribution in [-0.2, 0) is 11.3 Å². The van der Waals surface area contributed by atoms with Crippen molar-refractivity contribution in [3.63, 3.8) is 0 Å². The fourth-order valence-corrected chi connectivity index (χ4v) is 3.38. The molecule has 0 aliphatic carbocycles. The Balaban J connectivity index is 1.60. The number of nitrogens with zero attached hydrogens (tertiary/aromatic N) is 1. The van der Waals surface area contributed by atoms with Gasteiger partial charge in [0.05, 0.1) is 5.39 Å². The number of benzene rings is 2. The zero-order chi connectivity index (χ0) is 17.5. The Hall–Kier alpha value is -2.46. The van der Waals surface area contributed by atoms with Crippen molar-refractivity contribution in [2.45, 2.75) is 45.1 Å². The van der Waals surface area contributed by atoms with E-state index in [1.165, 1.54) is 21.7 Å². The highest BCUT2D eigenvalue weighted by Crippen LogP contribution is 2.22. The van der Waals surface area contributed by atoms with Crippen LogP contribution >= 0.6 is 0 Å². The number of nitrogens with one attached hydrogen (secondary N) is 1. The maximum absolute atomic E-state index is 11.0. The summed E-state index contributed by atoms with van der Waals surface area (Å²) in [5.41, 5.74) is 2.96. The number of amides is 1. The quantitative estimate of drug-likeness (QED) is 0.213. The van der Waals surface area contributed by atoms with Crippen LogP contribution in [0.3, 0.4) is 0 Å². The van der Waals surface area contributed by atoms with Crippen LogP contribution in [0.2, 0.25) is 0 Å². The number of hydrogen-bond donors (Lipinski definition) is 2. The molecule has 0 saturated carbocycles. The van der Waals surface area contributed by atoms with Crippen molar-refractivity contribution in [1.82, 2.24) is 5.48 Å². The summed E-state index contributed by atoms with van der Waals surface area (Å²) in [5.74, 6) is -0.293. The van der Waals surface area contributed by atoms with Crippen molar-refractivity contribution in [2.75, 3.05) is 0 Å². The molecule has 3 rings (SSSR count). The lowest BCUT2D eigenvalue weighted by atomic mass is 10.1. The minimum atomic E-state index is -0.293. The number of pyridine rings is 1. The number of fused-ring (bicyclic) bond motifs is 3. The van der Waals surface area contributed by atoms with Gasteiger partial charge in [0.15, 0.2) is 6.20 Å². The van der Waals surface area contributed by atoms with Gasteiger partial charge in [-0.2, -0.15) is 4.57 Å². The number of aromatic nitrogens is 1. The first kappa shape index (κ1) is 17.4. The number of unbranched alkanes of at least 4 members (excludes halogenated alkanes) is 4. The molecule has 0 spiro atoms. The third kappa shape index (κ3) is 4.34. The minimum Gasteiger partial charge on any atom is -0.289 e. The summed E-state index contributed by atoms with van der Waals surface area (Å²) in [7, 11) is 0. The highest BCUT2D eigenvalue weighted by molar-refractivity contribution is 6.03. The lowest BCUT2D eigenvalue weighted by Crippen LogP contribution is -2.34. The Morgan fingerprint density at radius 2 is 1.56 bits per heavy atom. The van der Waals surface area contributed by atoms with Gasteiger partial charge in [0.25, 0.3) is 0 Å². The van der Waals surface area contributed by atoms with Crippen molar-refractivity contribution >= 4 is 27.6 Å². The molecule has 2 N–H and O–H groups in total. The second kappa shape index (κ2) is 8.58. The number of carbonyl (C=O) groups excluding carboxylic acids is 1. The van der Waals surface area contributed by atoms with Gasteiger partial charge >= 0.3 is 0 Å². The minimum absolute atomic E-state index is 0.293. The molecule has 2 aromatic carbocycles. The van der Waals surface area contributed by atoms with Gasteiger partial charge < -0.3 is 0 Å². The molecule has 0 aliphatic heterocycles. The van der Waals surface area contributed by atoms with E-state index in [1.807, 2.05) is 0 Å². The molecule has 0 unspecified atom stereocenters. The summed E-state index contributed by atoms with van der Waals surface area (Å²) in [6.45, 7) is 1.00. The van der Waals surface area contributed by atoms with Crippen LogP contribution in [0.15, 0.2) is 54.7 Å². The van der Waals surface area contributed by atoms with E-state index in [4.69, 9.17) is 5.21 Å². The van der Waals surface area contributed by atoms with Crippen LogP contribution in [0.4, 0.5) is 0 Å². The van der Waals surface area contributed by atoms with Crippen LogP contribution in [-0.4, -0.2) is 11.1 Å². The van der Waals surface area contributed by atoms with Crippen LogP contribution in [0.5, 0.6) is 0 Å². The topological polar surface area (TPSA) is 53.2 Å². The summed E-state index contributed by atoms with van der Waals surface area (Å²) < 4.78 is 2.36. The molecule has 0 fully saturated rings. The summed E-state index contributed by atoms with van der Waals surface area (Å²) in [6.07, 6.45) is 7.90. The summed E-state index contributed by atoms with van der Waals surface area (Å²) in [5, 5.41) is 12.3.